The second-order valence-corrected chi connectivity index (χ2v) is 6.99. The van der Waals surface area contributed by atoms with Gasteiger partial charge in [0.05, 0.1) is 28.8 Å². The number of rotatable bonds is 4. The Balaban J connectivity index is 2.02. The van der Waals surface area contributed by atoms with E-state index in [4.69, 9.17) is 9.47 Å². The first-order chi connectivity index (χ1) is 9.42. The van der Waals surface area contributed by atoms with Gasteiger partial charge in [-0.25, -0.2) is 0 Å². The monoisotopic (exact) mass is 298 g/mol. The molecule has 1 aliphatic rings. The molecule has 1 N–H and O–H groups in total. The standard InChI is InChI=1S/C15H22O4S/c1-11-4-6-14(7-5-11)20(17)10-13-8-12(16)9-15(2,18-3)19-13/h4-7,12-13,16H,8-10H2,1-3H3/t12-,13-,15-,20+/m1/s1. The van der Waals surface area contributed by atoms with Crippen LogP contribution in [0.4, 0.5) is 0 Å². The molecule has 0 amide bonds. The number of hydrogen-bond acceptors (Lipinski definition) is 4. The Labute approximate surface area is 122 Å². The molecule has 1 heterocycles. The summed E-state index contributed by atoms with van der Waals surface area (Å²) in [5, 5.41) is 9.91. The maximum absolute atomic E-state index is 12.3. The summed E-state index contributed by atoms with van der Waals surface area (Å²) in [4.78, 5) is 0.790. The van der Waals surface area contributed by atoms with E-state index in [0.29, 0.717) is 18.6 Å². The molecular weight excluding hydrogens is 276 g/mol. The summed E-state index contributed by atoms with van der Waals surface area (Å²) in [6.07, 6.45) is 0.202. The van der Waals surface area contributed by atoms with Gasteiger partial charge in [-0.15, -0.1) is 0 Å². The van der Waals surface area contributed by atoms with E-state index in [2.05, 4.69) is 0 Å². The van der Waals surface area contributed by atoms with Crippen molar-refractivity contribution < 1.29 is 18.8 Å². The van der Waals surface area contributed by atoms with Crippen LogP contribution in [0.15, 0.2) is 29.2 Å². The molecule has 0 spiro atoms. The fraction of sp³-hybridized carbons (Fsp3) is 0.600. The molecule has 4 nitrogen and oxygen atoms in total. The third-order valence-corrected chi connectivity index (χ3v) is 5.08. The van der Waals surface area contributed by atoms with E-state index in [1.54, 1.807) is 14.0 Å². The molecule has 2 rings (SSSR count). The highest BCUT2D eigenvalue weighted by atomic mass is 32.2. The van der Waals surface area contributed by atoms with Crippen LogP contribution in [-0.2, 0) is 20.3 Å². The Kier molecular flexibility index (Phi) is 4.96. The highest BCUT2D eigenvalue weighted by Gasteiger charge is 2.38. The van der Waals surface area contributed by atoms with Crippen molar-refractivity contribution in [3.63, 3.8) is 0 Å². The van der Waals surface area contributed by atoms with Gasteiger partial charge in [-0.05, 0) is 26.0 Å². The zero-order chi connectivity index (χ0) is 14.8. The molecular formula is C15H22O4S. The molecule has 0 bridgehead atoms. The molecule has 1 aromatic rings. The zero-order valence-electron chi connectivity index (χ0n) is 12.2. The van der Waals surface area contributed by atoms with Gasteiger partial charge in [-0.3, -0.25) is 4.21 Å². The number of aliphatic hydroxyl groups excluding tert-OH is 1. The van der Waals surface area contributed by atoms with Gasteiger partial charge in [0.2, 0.25) is 0 Å². The van der Waals surface area contributed by atoms with Crippen LogP contribution in [-0.4, -0.2) is 40.2 Å². The molecule has 1 saturated heterocycles. The molecule has 1 fully saturated rings. The zero-order valence-corrected chi connectivity index (χ0v) is 13.0. The summed E-state index contributed by atoms with van der Waals surface area (Å²) in [5.41, 5.74) is 1.14. The molecule has 0 aromatic heterocycles. The summed E-state index contributed by atoms with van der Waals surface area (Å²) in [7, 11) is 0.431. The first-order valence-electron chi connectivity index (χ1n) is 6.78. The van der Waals surface area contributed by atoms with Gasteiger partial charge in [0.15, 0.2) is 5.79 Å². The number of ether oxygens (including phenoxy) is 2. The van der Waals surface area contributed by atoms with Crippen molar-refractivity contribution in [3.05, 3.63) is 29.8 Å². The van der Waals surface area contributed by atoms with Gasteiger partial charge >= 0.3 is 0 Å². The van der Waals surface area contributed by atoms with Gasteiger partial charge in [0, 0.05) is 24.8 Å². The Morgan fingerprint density at radius 1 is 1.45 bits per heavy atom. The average molecular weight is 298 g/mol. The predicted octanol–water partition coefficient (Wildman–Crippen LogP) is 2.01. The van der Waals surface area contributed by atoms with Gasteiger partial charge in [0.25, 0.3) is 0 Å². The lowest BCUT2D eigenvalue weighted by Crippen LogP contribution is -2.47. The summed E-state index contributed by atoms with van der Waals surface area (Å²) in [6.45, 7) is 3.80. The summed E-state index contributed by atoms with van der Waals surface area (Å²) in [6, 6.07) is 7.65. The lowest BCUT2D eigenvalue weighted by Gasteiger charge is -2.39. The molecule has 0 radical (unpaired) electrons. The van der Waals surface area contributed by atoms with Crippen LogP contribution in [0.1, 0.15) is 25.3 Å². The number of benzene rings is 1. The fourth-order valence-electron chi connectivity index (χ4n) is 2.45. The van der Waals surface area contributed by atoms with E-state index in [-0.39, 0.29) is 6.10 Å². The first-order valence-corrected chi connectivity index (χ1v) is 8.10. The van der Waals surface area contributed by atoms with Crippen molar-refractivity contribution in [2.75, 3.05) is 12.9 Å². The SMILES string of the molecule is CO[C@@]1(C)C[C@H](O)C[C@H](C[S@](=O)c2ccc(C)cc2)O1. The fourth-order valence-corrected chi connectivity index (χ4v) is 3.63. The lowest BCUT2D eigenvalue weighted by molar-refractivity contribution is -0.270. The van der Waals surface area contributed by atoms with Crippen LogP contribution in [0.2, 0.25) is 0 Å². The maximum Gasteiger partial charge on any atom is 0.168 e. The molecule has 0 saturated carbocycles. The number of aliphatic hydroxyl groups is 1. The van der Waals surface area contributed by atoms with Crippen LogP contribution < -0.4 is 0 Å². The second kappa shape index (κ2) is 6.35. The van der Waals surface area contributed by atoms with Crippen molar-refractivity contribution in [1.29, 1.82) is 0 Å². The van der Waals surface area contributed by atoms with Gasteiger partial charge in [-0.2, -0.15) is 0 Å². The Morgan fingerprint density at radius 3 is 2.70 bits per heavy atom. The summed E-state index contributed by atoms with van der Waals surface area (Å²) in [5.74, 6) is -0.418. The minimum absolute atomic E-state index is 0.258. The van der Waals surface area contributed by atoms with Crippen LogP contribution in [0.5, 0.6) is 0 Å². The molecule has 0 unspecified atom stereocenters. The normalized spacial score (nSPS) is 32.0. The number of methoxy groups -OCH3 is 1. The van der Waals surface area contributed by atoms with Crippen molar-refractivity contribution in [1.82, 2.24) is 0 Å². The maximum atomic E-state index is 12.3. The molecule has 5 heteroatoms. The van der Waals surface area contributed by atoms with Gasteiger partial charge in [-0.1, -0.05) is 17.7 Å². The highest BCUT2D eigenvalue weighted by Crippen LogP contribution is 2.30. The number of aryl methyl sites for hydroxylation is 1. The third-order valence-electron chi connectivity index (χ3n) is 3.61. The average Bonchev–Trinajstić information content (AvgIpc) is 2.38. The Morgan fingerprint density at radius 2 is 2.10 bits per heavy atom. The van der Waals surface area contributed by atoms with Crippen LogP contribution >= 0.6 is 0 Å². The Hall–Kier alpha value is -0.750. The molecule has 1 aromatic carbocycles. The quantitative estimate of drug-likeness (QED) is 0.924. The van der Waals surface area contributed by atoms with E-state index in [1.807, 2.05) is 31.2 Å². The predicted molar refractivity (Wildman–Crippen MR) is 78.0 cm³/mol. The van der Waals surface area contributed by atoms with E-state index in [9.17, 15) is 9.32 Å². The molecule has 20 heavy (non-hydrogen) atoms. The molecule has 112 valence electrons. The van der Waals surface area contributed by atoms with Gasteiger partial charge < -0.3 is 14.6 Å². The van der Waals surface area contributed by atoms with Crippen molar-refractivity contribution in [3.8, 4) is 0 Å². The van der Waals surface area contributed by atoms with E-state index in [0.717, 1.165) is 10.5 Å². The van der Waals surface area contributed by atoms with Crippen molar-refractivity contribution in [2.45, 2.75) is 49.6 Å². The van der Waals surface area contributed by atoms with Crippen molar-refractivity contribution in [2.24, 2.45) is 0 Å². The lowest BCUT2D eigenvalue weighted by atomic mass is 10.0. The minimum Gasteiger partial charge on any atom is -0.393 e. The van der Waals surface area contributed by atoms with Gasteiger partial charge in [0.1, 0.15) is 0 Å². The van der Waals surface area contributed by atoms with Crippen LogP contribution in [0.3, 0.4) is 0 Å². The van der Waals surface area contributed by atoms with Crippen molar-refractivity contribution >= 4 is 10.8 Å². The summed E-state index contributed by atoms with van der Waals surface area (Å²) < 4.78 is 23.5. The van der Waals surface area contributed by atoms with E-state index < -0.39 is 22.7 Å². The minimum atomic E-state index is -1.13. The molecule has 1 aliphatic heterocycles. The van der Waals surface area contributed by atoms with Crippen LogP contribution in [0.25, 0.3) is 0 Å². The first kappa shape index (κ1) is 15.6. The smallest absolute Gasteiger partial charge is 0.168 e. The number of hydrogen-bond donors (Lipinski definition) is 1. The Bertz CT molecular complexity index is 473. The molecule has 4 atom stereocenters. The molecule has 0 aliphatic carbocycles. The largest absolute Gasteiger partial charge is 0.393 e. The van der Waals surface area contributed by atoms with Crippen LogP contribution in [0, 0.1) is 6.92 Å². The van der Waals surface area contributed by atoms with E-state index >= 15 is 0 Å². The second-order valence-electron chi connectivity index (χ2n) is 5.50. The topological polar surface area (TPSA) is 55.8 Å². The summed E-state index contributed by atoms with van der Waals surface area (Å²) >= 11 is 0. The third kappa shape index (κ3) is 3.88. The van der Waals surface area contributed by atoms with E-state index in [1.165, 1.54) is 0 Å². The highest BCUT2D eigenvalue weighted by molar-refractivity contribution is 7.85.